The van der Waals surface area contributed by atoms with E-state index in [9.17, 15) is 0 Å². The normalized spacial score (nSPS) is 10.9. The first-order valence-electron chi connectivity index (χ1n) is 11.4. The van der Waals surface area contributed by atoms with Crippen LogP contribution in [0.2, 0.25) is 0 Å². The van der Waals surface area contributed by atoms with Crippen molar-refractivity contribution in [3.8, 4) is 17.1 Å². The fourth-order valence-corrected chi connectivity index (χ4v) is 3.45. The molecule has 0 fully saturated rings. The maximum absolute atomic E-state index is 5.98. The Morgan fingerprint density at radius 3 is 2.71 bits per heavy atom. The van der Waals surface area contributed by atoms with Crippen LogP contribution >= 0.6 is 0 Å². The summed E-state index contributed by atoms with van der Waals surface area (Å²) in [5, 5.41) is 16.4. The molecule has 2 aromatic heterocycles. The van der Waals surface area contributed by atoms with Crippen LogP contribution in [0.1, 0.15) is 44.9 Å². The summed E-state index contributed by atoms with van der Waals surface area (Å²) in [5.74, 6) is 1.75. The SMILES string of the molecule is CC(C)=CCn1nnc(-c2cccc(Nc3ccc(OCc4ccccn4)cc3C(C)C)c2)n1. The number of allylic oxidation sites excluding steroid dienone is 2. The van der Waals surface area contributed by atoms with E-state index in [4.69, 9.17) is 4.74 Å². The second-order valence-electron chi connectivity index (χ2n) is 8.67. The van der Waals surface area contributed by atoms with Gasteiger partial charge in [-0.1, -0.05) is 43.7 Å². The molecule has 2 aromatic carbocycles. The first-order chi connectivity index (χ1) is 16.5. The summed E-state index contributed by atoms with van der Waals surface area (Å²) < 4.78 is 5.98. The third kappa shape index (κ3) is 6.07. The molecular formula is C27H30N6O. The number of nitrogens with zero attached hydrogens (tertiary/aromatic N) is 5. The molecule has 0 saturated heterocycles. The molecule has 0 bridgehead atoms. The van der Waals surface area contributed by atoms with Gasteiger partial charge in [-0.2, -0.15) is 4.80 Å². The van der Waals surface area contributed by atoms with Crippen LogP contribution in [0.3, 0.4) is 0 Å². The van der Waals surface area contributed by atoms with Gasteiger partial charge in [0, 0.05) is 23.1 Å². The summed E-state index contributed by atoms with van der Waals surface area (Å²) in [6.45, 7) is 9.51. The Bertz CT molecular complexity index is 1260. The molecule has 4 aromatic rings. The Hall–Kier alpha value is -4.00. The Morgan fingerprint density at radius 1 is 1.06 bits per heavy atom. The minimum absolute atomic E-state index is 0.320. The van der Waals surface area contributed by atoms with Gasteiger partial charge < -0.3 is 10.1 Å². The zero-order valence-electron chi connectivity index (χ0n) is 20.1. The molecule has 0 spiro atoms. The molecule has 1 N–H and O–H groups in total. The summed E-state index contributed by atoms with van der Waals surface area (Å²) in [5.41, 5.74) is 6.21. The first-order valence-corrected chi connectivity index (χ1v) is 11.4. The van der Waals surface area contributed by atoms with E-state index in [-0.39, 0.29) is 0 Å². The fraction of sp³-hybridized carbons (Fsp3) is 0.259. The van der Waals surface area contributed by atoms with Crippen molar-refractivity contribution < 1.29 is 4.74 Å². The molecule has 0 unspecified atom stereocenters. The molecule has 174 valence electrons. The van der Waals surface area contributed by atoms with Crippen LogP contribution in [-0.2, 0) is 13.2 Å². The number of anilines is 2. The predicted octanol–water partition coefficient (Wildman–Crippen LogP) is 6.15. The lowest BCUT2D eigenvalue weighted by Crippen LogP contribution is -2.01. The largest absolute Gasteiger partial charge is 0.487 e. The molecule has 0 radical (unpaired) electrons. The van der Waals surface area contributed by atoms with E-state index in [0.717, 1.165) is 28.4 Å². The van der Waals surface area contributed by atoms with Gasteiger partial charge in [-0.15, -0.1) is 10.2 Å². The number of nitrogens with one attached hydrogen (secondary N) is 1. The van der Waals surface area contributed by atoms with Crippen molar-refractivity contribution in [1.29, 1.82) is 0 Å². The lowest BCUT2D eigenvalue weighted by molar-refractivity contribution is 0.301. The number of benzene rings is 2. The van der Waals surface area contributed by atoms with Crippen LogP contribution in [0.15, 0.2) is 78.5 Å². The van der Waals surface area contributed by atoms with Crippen molar-refractivity contribution >= 4 is 11.4 Å². The highest BCUT2D eigenvalue weighted by Crippen LogP contribution is 2.32. The van der Waals surface area contributed by atoms with Crippen molar-refractivity contribution in [2.75, 3.05) is 5.32 Å². The lowest BCUT2D eigenvalue weighted by atomic mass is 10.0. The van der Waals surface area contributed by atoms with Crippen LogP contribution in [0, 0.1) is 0 Å². The van der Waals surface area contributed by atoms with Crippen molar-refractivity contribution in [1.82, 2.24) is 25.2 Å². The van der Waals surface area contributed by atoms with Crippen LogP contribution in [0.5, 0.6) is 5.75 Å². The molecule has 0 amide bonds. The number of hydrogen-bond donors (Lipinski definition) is 1. The van der Waals surface area contributed by atoms with Crippen LogP contribution in [-0.4, -0.2) is 25.2 Å². The average Bonchev–Trinajstić information content (AvgIpc) is 3.32. The van der Waals surface area contributed by atoms with E-state index in [2.05, 4.69) is 71.6 Å². The smallest absolute Gasteiger partial charge is 0.205 e. The van der Waals surface area contributed by atoms with E-state index in [1.165, 1.54) is 11.1 Å². The van der Waals surface area contributed by atoms with Gasteiger partial charge in [-0.25, -0.2) is 0 Å². The maximum Gasteiger partial charge on any atom is 0.205 e. The zero-order valence-corrected chi connectivity index (χ0v) is 20.1. The number of pyridine rings is 1. The van der Waals surface area contributed by atoms with Gasteiger partial charge in [0.25, 0.3) is 0 Å². The number of aromatic nitrogens is 5. The minimum Gasteiger partial charge on any atom is -0.487 e. The first kappa shape index (κ1) is 23.2. The van der Waals surface area contributed by atoms with Gasteiger partial charge in [0.1, 0.15) is 12.4 Å². The van der Waals surface area contributed by atoms with Crippen LogP contribution in [0.4, 0.5) is 11.4 Å². The number of tetrazole rings is 1. The number of rotatable bonds is 9. The lowest BCUT2D eigenvalue weighted by Gasteiger charge is -2.17. The molecule has 7 nitrogen and oxygen atoms in total. The quantitative estimate of drug-likeness (QED) is 0.306. The standard InChI is InChI=1S/C27H30N6O/c1-19(2)13-15-33-31-27(30-32-33)21-8-7-10-22(16-21)29-26-12-11-24(17-25(26)20(3)4)34-18-23-9-5-6-14-28-23/h5-14,16-17,20,29H,15,18H2,1-4H3. The van der Waals surface area contributed by atoms with E-state index in [0.29, 0.717) is 24.9 Å². The molecule has 0 aliphatic carbocycles. The maximum atomic E-state index is 5.98. The highest BCUT2D eigenvalue weighted by Gasteiger charge is 2.11. The summed E-state index contributed by atoms with van der Waals surface area (Å²) in [7, 11) is 0. The van der Waals surface area contributed by atoms with Crippen LogP contribution < -0.4 is 10.1 Å². The van der Waals surface area contributed by atoms with Crippen molar-refractivity contribution in [2.24, 2.45) is 0 Å². The molecule has 0 aliphatic heterocycles. The van der Waals surface area contributed by atoms with Gasteiger partial charge in [0.2, 0.25) is 5.82 Å². The molecule has 34 heavy (non-hydrogen) atoms. The Morgan fingerprint density at radius 2 is 1.94 bits per heavy atom. The van der Waals surface area contributed by atoms with E-state index in [1.54, 1.807) is 11.0 Å². The summed E-state index contributed by atoms with van der Waals surface area (Å²) in [4.78, 5) is 5.92. The van der Waals surface area contributed by atoms with Gasteiger partial charge >= 0.3 is 0 Å². The van der Waals surface area contributed by atoms with E-state index < -0.39 is 0 Å². The summed E-state index contributed by atoms with van der Waals surface area (Å²) >= 11 is 0. The molecule has 0 atom stereocenters. The van der Waals surface area contributed by atoms with Gasteiger partial charge in [-0.05, 0) is 73.0 Å². The number of ether oxygens (including phenoxy) is 1. The van der Waals surface area contributed by atoms with Gasteiger partial charge in [-0.3, -0.25) is 4.98 Å². The third-order valence-electron chi connectivity index (χ3n) is 5.27. The van der Waals surface area contributed by atoms with Crippen molar-refractivity contribution in [3.05, 3.63) is 89.8 Å². The molecular weight excluding hydrogens is 424 g/mol. The molecule has 0 aliphatic rings. The van der Waals surface area contributed by atoms with E-state index in [1.807, 2.05) is 48.5 Å². The average molecular weight is 455 g/mol. The molecule has 0 saturated carbocycles. The highest BCUT2D eigenvalue weighted by molar-refractivity contribution is 5.69. The topological polar surface area (TPSA) is 77.8 Å². The van der Waals surface area contributed by atoms with Gasteiger partial charge in [0.15, 0.2) is 0 Å². The van der Waals surface area contributed by atoms with Crippen molar-refractivity contribution in [3.63, 3.8) is 0 Å². The minimum atomic E-state index is 0.320. The predicted molar refractivity (Wildman–Crippen MR) is 135 cm³/mol. The van der Waals surface area contributed by atoms with E-state index >= 15 is 0 Å². The van der Waals surface area contributed by atoms with Crippen molar-refractivity contribution in [2.45, 2.75) is 46.8 Å². The molecule has 2 heterocycles. The monoisotopic (exact) mass is 454 g/mol. The molecule has 4 rings (SSSR count). The molecule has 7 heteroatoms. The Balaban J connectivity index is 1.50. The fourth-order valence-electron chi connectivity index (χ4n) is 3.45. The van der Waals surface area contributed by atoms with Crippen LogP contribution in [0.25, 0.3) is 11.4 Å². The Kier molecular flexibility index (Phi) is 7.32. The number of hydrogen-bond acceptors (Lipinski definition) is 6. The summed E-state index contributed by atoms with van der Waals surface area (Å²) in [6.07, 6.45) is 3.85. The Labute approximate surface area is 200 Å². The summed E-state index contributed by atoms with van der Waals surface area (Å²) in [6, 6.07) is 20.0. The van der Waals surface area contributed by atoms with Gasteiger partial charge in [0.05, 0.1) is 12.2 Å². The highest BCUT2D eigenvalue weighted by atomic mass is 16.5. The second-order valence-corrected chi connectivity index (χ2v) is 8.67. The zero-order chi connectivity index (χ0) is 23.9. The third-order valence-corrected chi connectivity index (χ3v) is 5.27. The second kappa shape index (κ2) is 10.7.